The van der Waals surface area contributed by atoms with E-state index in [-0.39, 0.29) is 11.2 Å². The van der Waals surface area contributed by atoms with Gasteiger partial charge < -0.3 is 0 Å². The van der Waals surface area contributed by atoms with Gasteiger partial charge in [0.25, 0.3) is 5.56 Å². The van der Waals surface area contributed by atoms with Crippen molar-refractivity contribution in [3.8, 4) is 0 Å². The molecule has 0 saturated carbocycles. The van der Waals surface area contributed by atoms with Crippen molar-refractivity contribution >= 4 is 12.6 Å². The average Bonchev–Trinajstić information content (AvgIpc) is 2.09. The standard InChI is InChI=1S/C9H14N2O2S/c1-6(2)5-11-8(14)4-7(12)10(3)9(11)13/h4,6,14H,5H2,1-3H3. The maximum atomic E-state index is 11.6. The second-order valence-corrected chi connectivity index (χ2v) is 4.15. The highest BCUT2D eigenvalue weighted by Gasteiger charge is 2.07. The summed E-state index contributed by atoms with van der Waals surface area (Å²) < 4.78 is 2.58. The summed E-state index contributed by atoms with van der Waals surface area (Å²) in [5.41, 5.74) is -0.629. The van der Waals surface area contributed by atoms with Crippen LogP contribution in [0.3, 0.4) is 0 Å². The van der Waals surface area contributed by atoms with E-state index in [1.807, 2.05) is 13.8 Å². The molecule has 5 heteroatoms. The summed E-state index contributed by atoms with van der Waals surface area (Å²) in [6, 6.07) is 1.35. The molecule has 1 rings (SSSR count). The minimum atomic E-state index is -0.319. The number of thiol groups is 1. The van der Waals surface area contributed by atoms with Crippen molar-refractivity contribution in [2.45, 2.75) is 25.4 Å². The SMILES string of the molecule is CC(C)Cn1c(S)cc(=O)n(C)c1=O. The van der Waals surface area contributed by atoms with Crippen molar-refractivity contribution in [3.05, 3.63) is 26.9 Å². The first-order valence-corrected chi connectivity index (χ1v) is 4.88. The fourth-order valence-corrected chi connectivity index (χ4v) is 1.47. The van der Waals surface area contributed by atoms with E-state index in [2.05, 4.69) is 12.6 Å². The average molecular weight is 214 g/mol. The maximum absolute atomic E-state index is 11.6. The first-order chi connectivity index (χ1) is 6.43. The van der Waals surface area contributed by atoms with Crippen LogP contribution < -0.4 is 11.2 Å². The van der Waals surface area contributed by atoms with E-state index in [1.54, 1.807) is 0 Å². The van der Waals surface area contributed by atoms with Gasteiger partial charge in [0.05, 0.1) is 5.03 Å². The van der Waals surface area contributed by atoms with E-state index in [0.717, 1.165) is 4.57 Å². The smallest absolute Gasteiger partial charge is 0.288 e. The van der Waals surface area contributed by atoms with Crippen molar-refractivity contribution < 1.29 is 0 Å². The van der Waals surface area contributed by atoms with Crippen LogP contribution >= 0.6 is 12.6 Å². The van der Waals surface area contributed by atoms with Gasteiger partial charge in [-0.25, -0.2) is 4.79 Å². The van der Waals surface area contributed by atoms with Crippen LogP contribution in [0.25, 0.3) is 0 Å². The van der Waals surface area contributed by atoms with Crippen LogP contribution in [0.2, 0.25) is 0 Å². The fraction of sp³-hybridized carbons (Fsp3) is 0.556. The molecule has 14 heavy (non-hydrogen) atoms. The topological polar surface area (TPSA) is 44.0 Å². The van der Waals surface area contributed by atoms with Crippen molar-refractivity contribution in [2.24, 2.45) is 13.0 Å². The van der Waals surface area contributed by atoms with Gasteiger partial charge in [0.15, 0.2) is 0 Å². The summed E-state index contributed by atoms with van der Waals surface area (Å²) in [4.78, 5) is 22.8. The third-order valence-electron chi connectivity index (χ3n) is 1.93. The van der Waals surface area contributed by atoms with Crippen LogP contribution in [-0.2, 0) is 13.6 Å². The zero-order valence-electron chi connectivity index (χ0n) is 8.52. The third kappa shape index (κ3) is 2.09. The first-order valence-electron chi connectivity index (χ1n) is 4.43. The van der Waals surface area contributed by atoms with Gasteiger partial charge in [-0.15, -0.1) is 12.6 Å². The predicted molar refractivity (Wildman–Crippen MR) is 58.0 cm³/mol. The third-order valence-corrected chi connectivity index (χ3v) is 2.30. The Balaban J connectivity index is 3.37. The van der Waals surface area contributed by atoms with Crippen molar-refractivity contribution in [1.82, 2.24) is 9.13 Å². The van der Waals surface area contributed by atoms with Crippen LogP contribution in [-0.4, -0.2) is 9.13 Å². The molecule has 0 fully saturated rings. The van der Waals surface area contributed by atoms with Crippen LogP contribution in [0, 0.1) is 5.92 Å². The van der Waals surface area contributed by atoms with Gasteiger partial charge in [-0.1, -0.05) is 13.8 Å². The molecule has 0 atom stereocenters. The molecule has 0 aliphatic heterocycles. The van der Waals surface area contributed by atoms with Gasteiger partial charge in [0.1, 0.15) is 0 Å². The van der Waals surface area contributed by atoms with Gasteiger partial charge in [-0.05, 0) is 5.92 Å². The van der Waals surface area contributed by atoms with Crippen molar-refractivity contribution in [2.75, 3.05) is 0 Å². The Morgan fingerprint density at radius 1 is 1.43 bits per heavy atom. The summed E-state index contributed by atoms with van der Waals surface area (Å²) in [5.74, 6) is 0.344. The monoisotopic (exact) mass is 214 g/mol. The normalized spacial score (nSPS) is 10.9. The maximum Gasteiger partial charge on any atom is 0.331 e. The van der Waals surface area contributed by atoms with Crippen LogP contribution in [0.15, 0.2) is 20.7 Å². The molecule has 0 saturated heterocycles. The summed E-state index contributed by atoms with van der Waals surface area (Å²) in [6.45, 7) is 4.58. The van der Waals surface area contributed by atoms with E-state index in [1.165, 1.54) is 17.7 Å². The number of aromatic nitrogens is 2. The summed E-state index contributed by atoms with van der Waals surface area (Å²) in [7, 11) is 1.47. The Hall–Kier alpha value is -0.970. The van der Waals surface area contributed by atoms with Crippen LogP contribution in [0.5, 0.6) is 0 Å². The Bertz CT molecular complexity index is 445. The lowest BCUT2D eigenvalue weighted by molar-refractivity contribution is 0.458. The quantitative estimate of drug-likeness (QED) is 0.575. The molecule has 0 spiro atoms. The number of nitrogens with zero attached hydrogens (tertiary/aromatic N) is 2. The fourth-order valence-electron chi connectivity index (χ4n) is 1.20. The second-order valence-electron chi connectivity index (χ2n) is 3.69. The lowest BCUT2D eigenvalue weighted by atomic mass is 10.2. The van der Waals surface area contributed by atoms with Gasteiger partial charge >= 0.3 is 5.69 Å². The molecule has 78 valence electrons. The molecule has 0 aliphatic carbocycles. The Morgan fingerprint density at radius 2 is 2.00 bits per heavy atom. The van der Waals surface area contributed by atoms with Gasteiger partial charge in [0, 0.05) is 19.7 Å². The van der Waals surface area contributed by atoms with Gasteiger partial charge in [0.2, 0.25) is 0 Å². The Morgan fingerprint density at radius 3 is 2.50 bits per heavy atom. The van der Waals surface area contributed by atoms with Crippen LogP contribution in [0.1, 0.15) is 13.8 Å². The predicted octanol–water partition coefficient (Wildman–Crippen LogP) is 0.492. The number of hydrogen-bond acceptors (Lipinski definition) is 3. The molecule has 0 radical (unpaired) electrons. The van der Waals surface area contributed by atoms with Gasteiger partial charge in [-0.3, -0.25) is 13.9 Å². The largest absolute Gasteiger partial charge is 0.331 e. The van der Waals surface area contributed by atoms with E-state index < -0.39 is 0 Å². The van der Waals surface area contributed by atoms with Crippen molar-refractivity contribution in [3.63, 3.8) is 0 Å². The van der Waals surface area contributed by atoms with Gasteiger partial charge in [-0.2, -0.15) is 0 Å². The zero-order valence-corrected chi connectivity index (χ0v) is 9.41. The molecule has 1 aromatic rings. The van der Waals surface area contributed by atoms with E-state index in [0.29, 0.717) is 17.5 Å². The van der Waals surface area contributed by atoms with E-state index in [4.69, 9.17) is 0 Å². The molecule has 4 nitrogen and oxygen atoms in total. The molecule has 0 amide bonds. The molecule has 0 bridgehead atoms. The molecular formula is C9H14N2O2S. The Labute approximate surface area is 87.6 Å². The summed E-state index contributed by atoms with van der Waals surface area (Å²) >= 11 is 4.11. The van der Waals surface area contributed by atoms with Crippen LogP contribution in [0.4, 0.5) is 0 Å². The lowest BCUT2D eigenvalue weighted by Gasteiger charge is -2.12. The minimum absolute atomic E-state index is 0.309. The summed E-state index contributed by atoms with van der Waals surface area (Å²) in [5, 5.41) is 0.423. The summed E-state index contributed by atoms with van der Waals surface area (Å²) in [6.07, 6.45) is 0. The van der Waals surface area contributed by atoms with Crippen molar-refractivity contribution in [1.29, 1.82) is 0 Å². The molecule has 1 heterocycles. The number of rotatable bonds is 2. The minimum Gasteiger partial charge on any atom is -0.288 e. The molecule has 0 unspecified atom stereocenters. The van der Waals surface area contributed by atoms with E-state index in [9.17, 15) is 9.59 Å². The highest BCUT2D eigenvalue weighted by Crippen LogP contribution is 2.03. The molecule has 0 aromatic carbocycles. The number of hydrogen-bond donors (Lipinski definition) is 1. The lowest BCUT2D eigenvalue weighted by Crippen LogP contribution is -2.38. The highest BCUT2D eigenvalue weighted by atomic mass is 32.1. The molecule has 0 aliphatic rings. The zero-order chi connectivity index (χ0) is 10.9. The second kappa shape index (κ2) is 4.04. The van der Waals surface area contributed by atoms with E-state index >= 15 is 0 Å². The Kier molecular flexibility index (Phi) is 3.21. The highest BCUT2D eigenvalue weighted by molar-refractivity contribution is 7.80. The molecular weight excluding hydrogens is 200 g/mol. The molecule has 0 N–H and O–H groups in total. The first kappa shape index (κ1) is 11.1. The molecule has 1 aromatic heterocycles.